The lowest BCUT2D eigenvalue weighted by Gasteiger charge is -2.24. The molecule has 1 aromatic carbocycles. The molecule has 5 heteroatoms. The van der Waals surface area contributed by atoms with Gasteiger partial charge in [-0.05, 0) is 19.4 Å². The van der Waals surface area contributed by atoms with Crippen LogP contribution in [0.25, 0.3) is 0 Å². The highest BCUT2D eigenvalue weighted by molar-refractivity contribution is 5.87. The summed E-state index contributed by atoms with van der Waals surface area (Å²) >= 11 is 0. The van der Waals surface area contributed by atoms with Crippen LogP contribution in [-0.4, -0.2) is 22.2 Å². The highest BCUT2D eigenvalue weighted by atomic mass is 16.2. The smallest absolute Gasteiger partial charge is 0.230 e. The lowest BCUT2D eigenvalue weighted by Crippen LogP contribution is -2.41. The van der Waals surface area contributed by atoms with E-state index in [1.165, 1.54) is 0 Å². The zero-order chi connectivity index (χ0) is 14.6. The van der Waals surface area contributed by atoms with Gasteiger partial charge in [-0.2, -0.15) is 5.10 Å². The lowest BCUT2D eigenvalue weighted by atomic mass is 9.84. The van der Waals surface area contributed by atoms with Gasteiger partial charge in [0.1, 0.15) is 0 Å². The number of nitrogens with one attached hydrogen (secondary N) is 1. The third-order valence-electron chi connectivity index (χ3n) is 3.34. The van der Waals surface area contributed by atoms with E-state index in [9.17, 15) is 4.79 Å². The first-order valence-electron chi connectivity index (χ1n) is 6.62. The third-order valence-corrected chi connectivity index (χ3v) is 3.34. The van der Waals surface area contributed by atoms with Gasteiger partial charge in [-0.15, -0.1) is 0 Å². The minimum atomic E-state index is -0.551. The maximum Gasteiger partial charge on any atom is 0.230 e. The molecule has 0 bridgehead atoms. The van der Waals surface area contributed by atoms with Crippen LogP contribution in [-0.2, 0) is 16.8 Å². The van der Waals surface area contributed by atoms with Crippen LogP contribution in [0.15, 0.2) is 42.7 Å². The summed E-state index contributed by atoms with van der Waals surface area (Å²) in [6.45, 7) is 4.97. The summed E-state index contributed by atoms with van der Waals surface area (Å²) in [5.41, 5.74) is 6.66. The molecule has 0 aliphatic rings. The normalized spacial score (nSPS) is 11.3. The van der Waals surface area contributed by atoms with Crippen LogP contribution >= 0.6 is 0 Å². The average molecular weight is 272 g/mol. The number of amides is 1. The molecule has 0 atom stereocenters. The SMILES string of the molecule is CC(C)(C(=O)NCCn1cc(N)cn1)c1ccccc1. The van der Waals surface area contributed by atoms with Crippen molar-refractivity contribution in [3.05, 3.63) is 48.3 Å². The van der Waals surface area contributed by atoms with Crippen molar-refractivity contribution in [2.45, 2.75) is 25.8 Å². The highest BCUT2D eigenvalue weighted by Crippen LogP contribution is 2.22. The molecule has 0 fully saturated rings. The van der Waals surface area contributed by atoms with E-state index in [0.29, 0.717) is 18.8 Å². The molecule has 3 N–H and O–H groups in total. The molecule has 0 saturated carbocycles. The Morgan fingerprint density at radius 1 is 1.35 bits per heavy atom. The Balaban J connectivity index is 1.91. The zero-order valence-corrected chi connectivity index (χ0v) is 11.8. The Hall–Kier alpha value is -2.30. The molecule has 20 heavy (non-hydrogen) atoms. The Labute approximate surface area is 118 Å². The van der Waals surface area contributed by atoms with Crippen molar-refractivity contribution in [3.8, 4) is 0 Å². The number of benzene rings is 1. The van der Waals surface area contributed by atoms with E-state index in [1.807, 2.05) is 44.2 Å². The number of aromatic nitrogens is 2. The second-order valence-corrected chi connectivity index (χ2v) is 5.28. The van der Waals surface area contributed by atoms with Gasteiger partial charge in [-0.25, -0.2) is 0 Å². The molecule has 0 spiro atoms. The maximum atomic E-state index is 12.3. The first-order valence-corrected chi connectivity index (χ1v) is 6.62. The minimum absolute atomic E-state index is 0.00354. The molecule has 0 saturated heterocycles. The van der Waals surface area contributed by atoms with E-state index < -0.39 is 5.41 Å². The number of hydrogen-bond acceptors (Lipinski definition) is 3. The topological polar surface area (TPSA) is 72.9 Å². The summed E-state index contributed by atoms with van der Waals surface area (Å²) < 4.78 is 1.71. The number of nitrogen functional groups attached to an aromatic ring is 1. The van der Waals surface area contributed by atoms with Gasteiger partial charge in [0.05, 0.1) is 23.8 Å². The number of carbonyl (C=O) groups excluding carboxylic acids is 1. The number of anilines is 1. The molecule has 106 valence electrons. The van der Waals surface area contributed by atoms with Gasteiger partial charge in [-0.1, -0.05) is 30.3 Å². The molecule has 5 nitrogen and oxygen atoms in total. The quantitative estimate of drug-likeness (QED) is 0.867. The molecule has 1 heterocycles. The molecule has 2 aromatic rings. The van der Waals surface area contributed by atoms with Crippen LogP contribution in [0.3, 0.4) is 0 Å². The van der Waals surface area contributed by atoms with Gasteiger partial charge < -0.3 is 11.1 Å². The van der Waals surface area contributed by atoms with Crippen molar-refractivity contribution in [2.75, 3.05) is 12.3 Å². The fourth-order valence-corrected chi connectivity index (χ4v) is 1.99. The summed E-state index contributed by atoms with van der Waals surface area (Å²) in [5.74, 6) is 0.00354. The van der Waals surface area contributed by atoms with Crippen molar-refractivity contribution >= 4 is 11.6 Å². The molecule has 0 aliphatic heterocycles. The minimum Gasteiger partial charge on any atom is -0.396 e. The summed E-state index contributed by atoms with van der Waals surface area (Å²) in [5, 5.41) is 7.01. The summed E-state index contributed by atoms with van der Waals surface area (Å²) in [7, 11) is 0. The van der Waals surface area contributed by atoms with E-state index in [0.717, 1.165) is 5.56 Å². The predicted octanol–water partition coefficient (Wildman–Crippen LogP) is 1.56. The fourth-order valence-electron chi connectivity index (χ4n) is 1.99. The Bertz CT molecular complexity index is 575. The van der Waals surface area contributed by atoms with Crippen molar-refractivity contribution in [1.29, 1.82) is 0 Å². The van der Waals surface area contributed by atoms with Crippen LogP contribution < -0.4 is 11.1 Å². The Morgan fingerprint density at radius 3 is 2.65 bits per heavy atom. The van der Waals surface area contributed by atoms with Crippen molar-refractivity contribution < 1.29 is 4.79 Å². The molecular weight excluding hydrogens is 252 g/mol. The number of carbonyl (C=O) groups is 1. The molecule has 0 radical (unpaired) electrons. The maximum absolute atomic E-state index is 12.3. The first-order chi connectivity index (χ1) is 9.50. The van der Waals surface area contributed by atoms with Crippen LogP contribution in [0.4, 0.5) is 5.69 Å². The van der Waals surface area contributed by atoms with Gasteiger partial charge in [0.25, 0.3) is 0 Å². The number of rotatable bonds is 5. The van der Waals surface area contributed by atoms with E-state index in [1.54, 1.807) is 17.1 Å². The average Bonchev–Trinajstić information content (AvgIpc) is 2.85. The second-order valence-electron chi connectivity index (χ2n) is 5.28. The first kappa shape index (κ1) is 14.1. The second kappa shape index (κ2) is 5.77. The predicted molar refractivity (Wildman–Crippen MR) is 79.1 cm³/mol. The van der Waals surface area contributed by atoms with Gasteiger partial charge in [0.2, 0.25) is 5.91 Å². The van der Waals surface area contributed by atoms with E-state index in [2.05, 4.69) is 10.4 Å². The van der Waals surface area contributed by atoms with Crippen LogP contribution in [0.5, 0.6) is 0 Å². The highest BCUT2D eigenvalue weighted by Gasteiger charge is 2.28. The zero-order valence-electron chi connectivity index (χ0n) is 11.8. The number of nitrogens with two attached hydrogens (primary N) is 1. The Kier molecular flexibility index (Phi) is 4.08. The van der Waals surface area contributed by atoms with Gasteiger partial charge >= 0.3 is 0 Å². The summed E-state index contributed by atoms with van der Waals surface area (Å²) in [6.07, 6.45) is 3.34. The van der Waals surface area contributed by atoms with Crippen LogP contribution in [0, 0.1) is 0 Å². The van der Waals surface area contributed by atoms with Crippen molar-refractivity contribution in [1.82, 2.24) is 15.1 Å². The number of nitrogens with zero attached hydrogens (tertiary/aromatic N) is 2. The molecular formula is C15H20N4O. The van der Waals surface area contributed by atoms with Crippen molar-refractivity contribution in [3.63, 3.8) is 0 Å². The molecule has 2 rings (SSSR count). The van der Waals surface area contributed by atoms with Gasteiger partial charge in [0, 0.05) is 12.7 Å². The van der Waals surface area contributed by atoms with Crippen LogP contribution in [0.2, 0.25) is 0 Å². The van der Waals surface area contributed by atoms with Gasteiger partial charge in [-0.3, -0.25) is 9.48 Å². The monoisotopic (exact) mass is 272 g/mol. The standard InChI is InChI=1S/C15H20N4O/c1-15(2,12-6-4-3-5-7-12)14(20)17-8-9-19-11-13(16)10-18-19/h3-7,10-11H,8-9,16H2,1-2H3,(H,17,20). The van der Waals surface area contributed by atoms with E-state index >= 15 is 0 Å². The van der Waals surface area contributed by atoms with Gasteiger partial charge in [0.15, 0.2) is 0 Å². The van der Waals surface area contributed by atoms with Crippen LogP contribution in [0.1, 0.15) is 19.4 Å². The largest absolute Gasteiger partial charge is 0.396 e. The van der Waals surface area contributed by atoms with Crippen molar-refractivity contribution in [2.24, 2.45) is 0 Å². The molecule has 0 unspecified atom stereocenters. The number of hydrogen-bond donors (Lipinski definition) is 2. The molecule has 1 aromatic heterocycles. The molecule has 1 amide bonds. The lowest BCUT2D eigenvalue weighted by molar-refractivity contribution is -0.125. The fraction of sp³-hybridized carbons (Fsp3) is 0.333. The summed E-state index contributed by atoms with van der Waals surface area (Å²) in [6, 6.07) is 9.76. The molecule has 0 aliphatic carbocycles. The van der Waals surface area contributed by atoms with E-state index in [4.69, 9.17) is 5.73 Å². The third kappa shape index (κ3) is 3.17. The summed E-state index contributed by atoms with van der Waals surface area (Å²) in [4.78, 5) is 12.3. The Morgan fingerprint density at radius 2 is 2.05 bits per heavy atom. The van der Waals surface area contributed by atoms with E-state index in [-0.39, 0.29) is 5.91 Å².